The lowest BCUT2D eigenvalue weighted by Gasteiger charge is -2.24. The van der Waals surface area contributed by atoms with Gasteiger partial charge in [0.05, 0.1) is 11.7 Å². The Balaban J connectivity index is 1.44. The van der Waals surface area contributed by atoms with Crippen LogP contribution in [0.3, 0.4) is 0 Å². The second-order valence-electron chi connectivity index (χ2n) is 7.10. The molecule has 0 aromatic heterocycles. The summed E-state index contributed by atoms with van der Waals surface area (Å²) in [5, 5.41) is 5.96. The van der Waals surface area contributed by atoms with Crippen LogP contribution in [0.4, 0.5) is 5.69 Å². The minimum atomic E-state index is -0.145. The number of nitrogens with one attached hydrogen (secondary N) is 2. The molecule has 4 atom stereocenters. The number of anilines is 1. The zero-order valence-corrected chi connectivity index (χ0v) is 13.3. The summed E-state index contributed by atoms with van der Waals surface area (Å²) in [5.41, 5.74) is 1.66. The van der Waals surface area contributed by atoms with Crippen molar-refractivity contribution < 1.29 is 14.3 Å². The number of hydrogen-bond acceptors (Lipinski definition) is 3. The van der Waals surface area contributed by atoms with Gasteiger partial charge in [-0.15, -0.1) is 0 Å². The molecule has 5 nitrogen and oxygen atoms in total. The fraction of sp³-hybridized carbons (Fsp3) is 0.556. The zero-order valence-electron chi connectivity index (χ0n) is 13.3. The molecular formula is C18H22N2O3. The highest BCUT2D eigenvalue weighted by Crippen LogP contribution is 2.48. The number of benzene rings is 1. The van der Waals surface area contributed by atoms with Gasteiger partial charge >= 0.3 is 0 Å². The molecule has 2 fully saturated rings. The summed E-state index contributed by atoms with van der Waals surface area (Å²) in [4.78, 5) is 24.0. The Morgan fingerprint density at radius 1 is 1.35 bits per heavy atom. The standard InChI is InChI=1S/C18H22N2O3/c1-10(19-18(22)14-7-11-2-3-13(14)6-11)12-4-5-16-15(8-12)20-17(21)9-23-16/h4-5,8,10-11,13-14H,2-3,6-7,9H2,1H3,(H,19,22)(H,20,21). The smallest absolute Gasteiger partial charge is 0.262 e. The van der Waals surface area contributed by atoms with Crippen molar-refractivity contribution in [2.75, 3.05) is 11.9 Å². The van der Waals surface area contributed by atoms with Crippen LogP contribution in [0.1, 0.15) is 44.2 Å². The topological polar surface area (TPSA) is 67.4 Å². The second kappa shape index (κ2) is 5.55. The highest BCUT2D eigenvalue weighted by atomic mass is 16.5. The lowest BCUT2D eigenvalue weighted by atomic mass is 9.88. The lowest BCUT2D eigenvalue weighted by molar-refractivity contribution is -0.127. The molecule has 122 valence electrons. The second-order valence-corrected chi connectivity index (χ2v) is 7.10. The molecule has 1 aromatic carbocycles. The highest BCUT2D eigenvalue weighted by Gasteiger charge is 2.43. The van der Waals surface area contributed by atoms with Gasteiger partial charge in [0.25, 0.3) is 5.91 Å². The zero-order chi connectivity index (χ0) is 16.0. The normalized spacial score (nSPS) is 29.4. The maximum absolute atomic E-state index is 12.6. The van der Waals surface area contributed by atoms with Crippen molar-refractivity contribution in [1.29, 1.82) is 0 Å². The molecule has 23 heavy (non-hydrogen) atoms. The third-order valence-corrected chi connectivity index (χ3v) is 5.57. The van der Waals surface area contributed by atoms with Gasteiger partial charge in [0, 0.05) is 5.92 Å². The number of rotatable bonds is 3. The van der Waals surface area contributed by atoms with E-state index in [0.717, 1.165) is 17.9 Å². The van der Waals surface area contributed by atoms with Crippen LogP contribution in [0, 0.1) is 17.8 Å². The Kier molecular flexibility index (Phi) is 3.51. The largest absolute Gasteiger partial charge is 0.482 e. The van der Waals surface area contributed by atoms with E-state index < -0.39 is 0 Å². The van der Waals surface area contributed by atoms with E-state index in [1.165, 1.54) is 19.3 Å². The van der Waals surface area contributed by atoms with Gasteiger partial charge in [-0.05, 0) is 55.7 Å². The average Bonchev–Trinajstić information content (AvgIpc) is 3.17. The summed E-state index contributed by atoms with van der Waals surface area (Å²) in [7, 11) is 0. The molecule has 2 N–H and O–H groups in total. The van der Waals surface area contributed by atoms with Crippen molar-refractivity contribution in [2.24, 2.45) is 17.8 Å². The lowest BCUT2D eigenvalue weighted by Crippen LogP contribution is -2.35. The highest BCUT2D eigenvalue weighted by molar-refractivity contribution is 5.95. The fourth-order valence-electron chi connectivity index (χ4n) is 4.34. The molecule has 2 aliphatic carbocycles. The first-order chi connectivity index (χ1) is 11.1. The molecule has 1 aromatic rings. The Morgan fingerprint density at radius 2 is 2.22 bits per heavy atom. The van der Waals surface area contributed by atoms with Gasteiger partial charge in [0.15, 0.2) is 6.61 Å². The SMILES string of the molecule is CC(NC(=O)C1CC2CCC1C2)c1ccc2c(c1)NC(=O)CO2. The van der Waals surface area contributed by atoms with Crippen LogP contribution in [-0.4, -0.2) is 18.4 Å². The number of carbonyl (C=O) groups excluding carboxylic acids is 2. The number of carbonyl (C=O) groups is 2. The van der Waals surface area contributed by atoms with Crippen LogP contribution in [0.25, 0.3) is 0 Å². The van der Waals surface area contributed by atoms with E-state index >= 15 is 0 Å². The predicted molar refractivity (Wildman–Crippen MR) is 86.1 cm³/mol. The summed E-state index contributed by atoms with van der Waals surface area (Å²) in [5.74, 6) is 2.26. The summed E-state index contributed by atoms with van der Waals surface area (Å²) < 4.78 is 5.37. The number of hydrogen-bond donors (Lipinski definition) is 2. The minimum Gasteiger partial charge on any atom is -0.482 e. The van der Waals surface area contributed by atoms with Crippen LogP contribution < -0.4 is 15.4 Å². The summed E-state index contributed by atoms with van der Waals surface area (Å²) in [6, 6.07) is 5.61. The van der Waals surface area contributed by atoms with Gasteiger partial charge in [-0.3, -0.25) is 9.59 Å². The minimum absolute atomic E-state index is 0.0584. The Labute approximate surface area is 135 Å². The number of ether oxygens (including phenoxy) is 1. The van der Waals surface area contributed by atoms with Crippen molar-refractivity contribution in [3.8, 4) is 5.75 Å². The van der Waals surface area contributed by atoms with E-state index in [0.29, 0.717) is 17.4 Å². The number of amides is 2. The van der Waals surface area contributed by atoms with Crippen LogP contribution in [-0.2, 0) is 9.59 Å². The molecule has 4 rings (SSSR count). The van der Waals surface area contributed by atoms with Crippen molar-refractivity contribution >= 4 is 17.5 Å². The molecule has 4 unspecified atom stereocenters. The molecule has 2 amide bonds. The molecule has 1 aliphatic heterocycles. The van der Waals surface area contributed by atoms with Gasteiger partial charge in [-0.2, -0.15) is 0 Å². The molecular weight excluding hydrogens is 292 g/mol. The third-order valence-electron chi connectivity index (χ3n) is 5.57. The van der Waals surface area contributed by atoms with Crippen LogP contribution in [0.2, 0.25) is 0 Å². The maximum Gasteiger partial charge on any atom is 0.262 e. The molecule has 0 spiro atoms. The van der Waals surface area contributed by atoms with Gasteiger partial charge in [-0.1, -0.05) is 12.5 Å². The van der Waals surface area contributed by atoms with E-state index in [-0.39, 0.29) is 30.4 Å². The molecule has 5 heteroatoms. The van der Waals surface area contributed by atoms with E-state index in [1.807, 2.05) is 25.1 Å². The fourth-order valence-corrected chi connectivity index (χ4v) is 4.34. The predicted octanol–water partition coefficient (Wildman–Crippen LogP) is 2.63. The van der Waals surface area contributed by atoms with Crippen LogP contribution >= 0.6 is 0 Å². The molecule has 2 saturated carbocycles. The Hall–Kier alpha value is -2.04. The molecule has 2 bridgehead atoms. The first-order valence-electron chi connectivity index (χ1n) is 8.47. The van der Waals surface area contributed by atoms with Crippen molar-refractivity contribution in [3.63, 3.8) is 0 Å². The molecule has 3 aliphatic rings. The molecule has 0 saturated heterocycles. The maximum atomic E-state index is 12.6. The average molecular weight is 314 g/mol. The molecule has 0 radical (unpaired) electrons. The van der Waals surface area contributed by atoms with E-state index in [4.69, 9.17) is 4.74 Å². The van der Waals surface area contributed by atoms with Crippen molar-refractivity contribution in [3.05, 3.63) is 23.8 Å². The monoisotopic (exact) mass is 314 g/mol. The van der Waals surface area contributed by atoms with Crippen molar-refractivity contribution in [2.45, 2.75) is 38.6 Å². The van der Waals surface area contributed by atoms with E-state index in [9.17, 15) is 9.59 Å². The Bertz CT molecular complexity index is 658. The quantitative estimate of drug-likeness (QED) is 0.901. The van der Waals surface area contributed by atoms with Crippen LogP contribution in [0.5, 0.6) is 5.75 Å². The van der Waals surface area contributed by atoms with Crippen LogP contribution in [0.15, 0.2) is 18.2 Å². The van der Waals surface area contributed by atoms with Gasteiger partial charge in [0.2, 0.25) is 5.91 Å². The van der Waals surface area contributed by atoms with E-state index in [2.05, 4.69) is 10.6 Å². The van der Waals surface area contributed by atoms with Gasteiger partial charge in [0.1, 0.15) is 5.75 Å². The first kappa shape index (κ1) is 14.5. The first-order valence-corrected chi connectivity index (χ1v) is 8.47. The van der Waals surface area contributed by atoms with Gasteiger partial charge in [-0.25, -0.2) is 0 Å². The summed E-state index contributed by atoms with van der Waals surface area (Å²) in [6.07, 6.45) is 4.79. The summed E-state index contributed by atoms with van der Waals surface area (Å²) >= 11 is 0. The van der Waals surface area contributed by atoms with Crippen molar-refractivity contribution in [1.82, 2.24) is 5.32 Å². The van der Waals surface area contributed by atoms with E-state index in [1.54, 1.807) is 0 Å². The molecule has 1 heterocycles. The Morgan fingerprint density at radius 3 is 2.96 bits per heavy atom. The summed E-state index contributed by atoms with van der Waals surface area (Å²) in [6.45, 7) is 2.04. The number of fused-ring (bicyclic) bond motifs is 3. The third kappa shape index (κ3) is 2.69. The van der Waals surface area contributed by atoms with Gasteiger partial charge < -0.3 is 15.4 Å².